The number of hydrogen-bond donors (Lipinski definition) is 0. The van der Waals surface area contributed by atoms with Crippen LogP contribution in [0, 0.1) is 0 Å². The Bertz CT molecular complexity index is 763. The van der Waals surface area contributed by atoms with Gasteiger partial charge < -0.3 is 9.64 Å². The van der Waals surface area contributed by atoms with Crippen molar-refractivity contribution in [3.8, 4) is 0 Å². The fourth-order valence-electron chi connectivity index (χ4n) is 3.05. The van der Waals surface area contributed by atoms with E-state index in [4.69, 9.17) is 4.74 Å². The van der Waals surface area contributed by atoms with Crippen LogP contribution < -0.4 is 0 Å². The SMILES string of the molecule is COC(=O)C1=C(C)N(Cc2ccccc2)C=C[C@H]1c1ccccc1. The van der Waals surface area contributed by atoms with E-state index in [-0.39, 0.29) is 11.9 Å². The molecular weight excluding hydrogens is 298 g/mol. The first kappa shape index (κ1) is 16.1. The molecule has 0 spiro atoms. The number of esters is 1. The largest absolute Gasteiger partial charge is 0.466 e. The lowest BCUT2D eigenvalue weighted by atomic mass is 9.87. The molecule has 0 saturated carbocycles. The summed E-state index contributed by atoms with van der Waals surface area (Å²) in [5, 5.41) is 0. The second kappa shape index (κ2) is 7.18. The van der Waals surface area contributed by atoms with Gasteiger partial charge in [-0.1, -0.05) is 66.7 Å². The highest BCUT2D eigenvalue weighted by molar-refractivity contribution is 5.91. The van der Waals surface area contributed by atoms with Crippen LogP contribution in [0.15, 0.2) is 84.2 Å². The summed E-state index contributed by atoms with van der Waals surface area (Å²) >= 11 is 0. The molecule has 0 radical (unpaired) electrons. The first-order chi connectivity index (χ1) is 11.7. The number of nitrogens with zero attached hydrogens (tertiary/aromatic N) is 1. The summed E-state index contributed by atoms with van der Waals surface area (Å²) in [6.07, 6.45) is 4.13. The lowest BCUT2D eigenvalue weighted by molar-refractivity contribution is -0.136. The molecule has 0 fully saturated rings. The molecule has 0 N–H and O–H groups in total. The first-order valence-corrected chi connectivity index (χ1v) is 8.03. The van der Waals surface area contributed by atoms with E-state index in [1.165, 1.54) is 12.7 Å². The fourth-order valence-corrected chi connectivity index (χ4v) is 3.05. The van der Waals surface area contributed by atoms with Gasteiger partial charge in [-0.3, -0.25) is 0 Å². The van der Waals surface area contributed by atoms with Crippen LogP contribution in [0.1, 0.15) is 24.0 Å². The second-order valence-corrected chi connectivity index (χ2v) is 5.83. The van der Waals surface area contributed by atoms with E-state index in [0.717, 1.165) is 17.8 Å². The van der Waals surface area contributed by atoms with Crippen LogP contribution in [0.5, 0.6) is 0 Å². The van der Waals surface area contributed by atoms with Crippen molar-refractivity contribution < 1.29 is 9.53 Å². The molecule has 0 aliphatic carbocycles. The Morgan fingerprint density at radius 3 is 2.29 bits per heavy atom. The number of allylic oxidation sites excluding steroid dienone is 2. The van der Waals surface area contributed by atoms with Crippen LogP contribution >= 0.6 is 0 Å². The Kier molecular flexibility index (Phi) is 4.80. The number of hydrogen-bond acceptors (Lipinski definition) is 3. The van der Waals surface area contributed by atoms with E-state index in [9.17, 15) is 4.79 Å². The molecule has 0 unspecified atom stereocenters. The molecule has 1 aliphatic heterocycles. The smallest absolute Gasteiger partial charge is 0.336 e. The summed E-state index contributed by atoms with van der Waals surface area (Å²) < 4.78 is 5.05. The maximum absolute atomic E-state index is 12.4. The Balaban J connectivity index is 1.95. The Hall–Kier alpha value is -2.81. The van der Waals surface area contributed by atoms with Gasteiger partial charge in [0, 0.05) is 24.4 Å². The van der Waals surface area contributed by atoms with Crippen LogP contribution in [0.25, 0.3) is 0 Å². The Morgan fingerprint density at radius 1 is 1.04 bits per heavy atom. The highest BCUT2D eigenvalue weighted by Gasteiger charge is 2.28. The highest BCUT2D eigenvalue weighted by atomic mass is 16.5. The molecule has 1 atom stereocenters. The lowest BCUT2D eigenvalue weighted by Crippen LogP contribution is -2.26. The third-order valence-electron chi connectivity index (χ3n) is 4.35. The Morgan fingerprint density at radius 2 is 1.67 bits per heavy atom. The molecular formula is C21H21NO2. The topological polar surface area (TPSA) is 29.5 Å². The molecule has 3 rings (SSSR count). The van der Waals surface area contributed by atoms with Crippen LogP contribution in [-0.4, -0.2) is 18.0 Å². The maximum Gasteiger partial charge on any atom is 0.336 e. The summed E-state index contributed by atoms with van der Waals surface area (Å²) in [6.45, 7) is 2.71. The molecule has 3 heteroatoms. The van der Waals surface area contributed by atoms with Gasteiger partial charge in [-0.05, 0) is 18.1 Å². The van der Waals surface area contributed by atoms with Crippen LogP contribution in [0.3, 0.4) is 0 Å². The minimum atomic E-state index is -0.274. The number of carbonyl (C=O) groups excluding carboxylic acids is 1. The average Bonchev–Trinajstić information content (AvgIpc) is 2.64. The average molecular weight is 319 g/mol. The Labute approximate surface area is 142 Å². The first-order valence-electron chi connectivity index (χ1n) is 8.03. The van der Waals surface area contributed by atoms with Gasteiger partial charge in [0.25, 0.3) is 0 Å². The number of rotatable bonds is 4. The molecule has 1 heterocycles. The zero-order chi connectivity index (χ0) is 16.9. The van der Waals surface area contributed by atoms with Gasteiger partial charge in [0.1, 0.15) is 0 Å². The molecule has 2 aromatic carbocycles. The maximum atomic E-state index is 12.4. The molecule has 1 aliphatic rings. The molecule has 2 aromatic rings. The highest BCUT2D eigenvalue weighted by Crippen LogP contribution is 2.34. The summed E-state index contributed by atoms with van der Waals surface area (Å²) in [6, 6.07) is 20.3. The van der Waals surface area contributed by atoms with E-state index in [2.05, 4.69) is 29.3 Å². The molecule has 0 saturated heterocycles. The molecule has 3 nitrogen and oxygen atoms in total. The van der Waals surface area contributed by atoms with Gasteiger partial charge in [0.05, 0.1) is 12.7 Å². The summed E-state index contributed by atoms with van der Waals surface area (Å²) in [5.74, 6) is -0.352. The van der Waals surface area contributed by atoms with Crippen molar-refractivity contribution in [2.24, 2.45) is 0 Å². The predicted molar refractivity (Wildman–Crippen MR) is 95.0 cm³/mol. The minimum Gasteiger partial charge on any atom is -0.466 e. The van der Waals surface area contributed by atoms with Gasteiger partial charge in [-0.2, -0.15) is 0 Å². The van der Waals surface area contributed by atoms with Crippen molar-refractivity contribution in [2.45, 2.75) is 19.4 Å². The van der Waals surface area contributed by atoms with Crippen molar-refractivity contribution in [3.63, 3.8) is 0 Å². The zero-order valence-corrected chi connectivity index (χ0v) is 14.0. The van der Waals surface area contributed by atoms with E-state index < -0.39 is 0 Å². The molecule has 0 bridgehead atoms. The minimum absolute atomic E-state index is 0.0781. The molecule has 0 amide bonds. The standard InChI is InChI=1S/C21H21NO2/c1-16-20(21(23)24-2)19(18-11-7-4-8-12-18)13-14-22(16)15-17-9-5-3-6-10-17/h3-14,19H,15H2,1-2H3/t19-/m0/s1. The van der Waals surface area contributed by atoms with Gasteiger partial charge in [0.15, 0.2) is 0 Å². The molecule has 24 heavy (non-hydrogen) atoms. The van der Waals surface area contributed by atoms with E-state index >= 15 is 0 Å². The van der Waals surface area contributed by atoms with E-state index in [1.807, 2.05) is 55.5 Å². The van der Waals surface area contributed by atoms with Gasteiger partial charge >= 0.3 is 5.97 Å². The number of ether oxygens (including phenoxy) is 1. The summed E-state index contributed by atoms with van der Waals surface area (Å²) in [4.78, 5) is 14.5. The van der Waals surface area contributed by atoms with E-state index in [1.54, 1.807) is 0 Å². The van der Waals surface area contributed by atoms with Crippen molar-refractivity contribution in [3.05, 3.63) is 95.3 Å². The van der Waals surface area contributed by atoms with Crippen LogP contribution in [-0.2, 0) is 16.1 Å². The number of benzene rings is 2. The van der Waals surface area contributed by atoms with E-state index in [0.29, 0.717) is 5.57 Å². The molecule has 0 aromatic heterocycles. The monoisotopic (exact) mass is 319 g/mol. The van der Waals surface area contributed by atoms with Crippen LogP contribution in [0.4, 0.5) is 0 Å². The number of carbonyl (C=O) groups is 1. The predicted octanol–water partition coefficient (Wildman–Crippen LogP) is 4.25. The molecule has 122 valence electrons. The lowest BCUT2D eigenvalue weighted by Gasteiger charge is -2.31. The van der Waals surface area contributed by atoms with Gasteiger partial charge in [-0.25, -0.2) is 4.79 Å². The van der Waals surface area contributed by atoms with Crippen molar-refractivity contribution >= 4 is 5.97 Å². The quantitative estimate of drug-likeness (QED) is 0.789. The van der Waals surface area contributed by atoms with Crippen LogP contribution in [0.2, 0.25) is 0 Å². The fraction of sp³-hybridized carbons (Fsp3) is 0.190. The van der Waals surface area contributed by atoms with Crippen molar-refractivity contribution in [1.82, 2.24) is 4.90 Å². The zero-order valence-electron chi connectivity index (χ0n) is 14.0. The van der Waals surface area contributed by atoms with Gasteiger partial charge in [0.2, 0.25) is 0 Å². The summed E-state index contributed by atoms with van der Waals surface area (Å²) in [7, 11) is 1.44. The summed E-state index contributed by atoms with van der Waals surface area (Å²) in [5.41, 5.74) is 3.92. The number of methoxy groups -OCH3 is 1. The third-order valence-corrected chi connectivity index (χ3v) is 4.35. The third kappa shape index (κ3) is 3.25. The van der Waals surface area contributed by atoms with Crippen molar-refractivity contribution in [1.29, 1.82) is 0 Å². The van der Waals surface area contributed by atoms with Gasteiger partial charge in [-0.15, -0.1) is 0 Å². The van der Waals surface area contributed by atoms with Crippen molar-refractivity contribution in [2.75, 3.05) is 7.11 Å². The normalized spacial score (nSPS) is 17.1. The second-order valence-electron chi connectivity index (χ2n) is 5.83.